The van der Waals surface area contributed by atoms with Crippen molar-refractivity contribution in [2.75, 3.05) is 11.9 Å². The molecule has 0 atom stereocenters. The zero-order chi connectivity index (χ0) is 17.8. The highest BCUT2D eigenvalue weighted by atomic mass is 16.3. The normalized spacial score (nSPS) is 11.0. The minimum Gasteiger partial charge on any atom is -0.459 e. The Kier molecular flexibility index (Phi) is 4.78. The number of rotatable bonds is 6. The van der Waals surface area contributed by atoms with Gasteiger partial charge >= 0.3 is 0 Å². The predicted molar refractivity (Wildman–Crippen MR) is 92.2 cm³/mol. The molecular weight excluding hydrogens is 322 g/mol. The van der Waals surface area contributed by atoms with E-state index in [2.05, 4.69) is 20.7 Å². The highest BCUT2D eigenvalue weighted by Crippen LogP contribution is 2.19. The largest absolute Gasteiger partial charge is 0.459 e. The minimum atomic E-state index is -0.345. The molecule has 0 radical (unpaired) electrons. The molecule has 0 saturated carbocycles. The van der Waals surface area contributed by atoms with Gasteiger partial charge in [0.25, 0.3) is 5.91 Å². The molecule has 0 aliphatic carbocycles. The third-order valence-electron chi connectivity index (χ3n) is 3.59. The highest BCUT2D eigenvalue weighted by Gasteiger charge is 2.11. The fourth-order valence-corrected chi connectivity index (χ4v) is 2.39. The summed E-state index contributed by atoms with van der Waals surface area (Å²) in [5, 5.41) is 10.5. The van der Waals surface area contributed by atoms with E-state index in [0.717, 1.165) is 11.0 Å². The molecule has 0 unspecified atom stereocenters. The van der Waals surface area contributed by atoms with Gasteiger partial charge in [-0.25, -0.2) is 9.67 Å². The standard InChI is InChI=1S/C17H19N5O3/c1-11(2)22-16-12(9-20-22)8-13(10-19-16)21-15(23)5-6-18-17(24)14-4-3-7-25-14/h3-4,7-11H,5-6H2,1-2H3,(H,18,24)(H,21,23). The second-order valence-electron chi connectivity index (χ2n) is 5.85. The summed E-state index contributed by atoms with van der Waals surface area (Å²) in [6, 6.07) is 5.23. The summed E-state index contributed by atoms with van der Waals surface area (Å²) in [5.74, 6) is -0.337. The third-order valence-corrected chi connectivity index (χ3v) is 3.59. The lowest BCUT2D eigenvalue weighted by molar-refractivity contribution is -0.116. The van der Waals surface area contributed by atoms with Crippen molar-refractivity contribution in [3.05, 3.63) is 42.6 Å². The average molecular weight is 341 g/mol. The summed E-state index contributed by atoms with van der Waals surface area (Å²) in [5.41, 5.74) is 1.37. The number of fused-ring (bicyclic) bond motifs is 1. The van der Waals surface area contributed by atoms with Gasteiger partial charge in [0.2, 0.25) is 5.91 Å². The molecule has 25 heavy (non-hydrogen) atoms. The van der Waals surface area contributed by atoms with Crippen LogP contribution < -0.4 is 10.6 Å². The first-order valence-electron chi connectivity index (χ1n) is 7.99. The molecule has 8 heteroatoms. The van der Waals surface area contributed by atoms with Gasteiger partial charge < -0.3 is 15.1 Å². The van der Waals surface area contributed by atoms with E-state index in [1.165, 1.54) is 6.26 Å². The Morgan fingerprint density at radius 1 is 1.32 bits per heavy atom. The van der Waals surface area contributed by atoms with Gasteiger partial charge in [0.05, 0.1) is 24.3 Å². The van der Waals surface area contributed by atoms with E-state index < -0.39 is 0 Å². The fourth-order valence-electron chi connectivity index (χ4n) is 2.39. The minimum absolute atomic E-state index is 0.149. The van der Waals surface area contributed by atoms with Crippen LogP contribution in [-0.4, -0.2) is 33.1 Å². The monoisotopic (exact) mass is 341 g/mol. The van der Waals surface area contributed by atoms with Gasteiger partial charge in [0.15, 0.2) is 11.4 Å². The lowest BCUT2D eigenvalue weighted by Crippen LogP contribution is -2.27. The molecule has 0 aliphatic rings. The number of hydrogen-bond acceptors (Lipinski definition) is 5. The van der Waals surface area contributed by atoms with Gasteiger partial charge in [0.1, 0.15) is 0 Å². The summed E-state index contributed by atoms with van der Waals surface area (Å²) < 4.78 is 6.80. The Bertz CT molecular complexity index is 883. The molecular formula is C17H19N5O3. The van der Waals surface area contributed by atoms with Crippen molar-refractivity contribution in [3.63, 3.8) is 0 Å². The van der Waals surface area contributed by atoms with Crippen LogP contribution in [0.25, 0.3) is 11.0 Å². The lowest BCUT2D eigenvalue weighted by atomic mass is 10.3. The third kappa shape index (κ3) is 3.85. The van der Waals surface area contributed by atoms with Gasteiger partial charge in [-0.2, -0.15) is 5.10 Å². The zero-order valence-electron chi connectivity index (χ0n) is 14.0. The Labute approximate surface area is 144 Å². The molecule has 0 fully saturated rings. The van der Waals surface area contributed by atoms with Crippen molar-refractivity contribution in [2.45, 2.75) is 26.3 Å². The van der Waals surface area contributed by atoms with Crippen molar-refractivity contribution in [2.24, 2.45) is 0 Å². The SMILES string of the molecule is CC(C)n1ncc2cc(NC(=O)CCNC(=O)c3ccco3)cnc21. The first-order valence-corrected chi connectivity index (χ1v) is 7.99. The maximum absolute atomic E-state index is 12.0. The van der Waals surface area contributed by atoms with Gasteiger partial charge in [-0.3, -0.25) is 9.59 Å². The van der Waals surface area contributed by atoms with E-state index in [9.17, 15) is 9.59 Å². The lowest BCUT2D eigenvalue weighted by Gasteiger charge is -2.08. The molecule has 3 aromatic heterocycles. The quantitative estimate of drug-likeness (QED) is 0.716. The van der Waals surface area contributed by atoms with Crippen LogP contribution in [0.5, 0.6) is 0 Å². The molecule has 0 saturated heterocycles. The van der Waals surface area contributed by atoms with Crippen LogP contribution in [0.15, 0.2) is 41.3 Å². The van der Waals surface area contributed by atoms with Crippen LogP contribution in [0, 0.1) is 0 Å². The molecule has 0 aromatic carbocycles. The summed E-state index contributed by atoms with van der Waals surface area (Å²) in [6.07, 6.45) is 4.89. The molecule has 3 rings (SSSR count). The Morgan fingerprint density at radius 2 is 2.16 bits per heavy atom. The number of carbonyl (C=O) groups excluding carboxylic acids is 2. The molecule has 2 amide bonds. The average Bonchev–Trinajstić information content (AvgIpc) is 3.24. The second kappa shape index (κ2) is 7.16. The maximum Gasteiger partial charge on any atom is 0.286 e. The fraction of sp³-hybridized carbons (Fsp3) is 0.294. The number of hydrogen-bond donors (Lipinski definition) is 2. The Balaban J connectivity index is 1.54. The van der Waals surface area contributed by atoms with Crippen molar-refractivity contribution in [1.82, 2.24) is 20.1 Å². The van der Waals surface area contributed by atoms with Crippen LogP contribution in [0.1, 0.15) is 36.9 Å². The van der Waals surface area contributed by atoms with Gasteiger partial charge in [0, 0.05) is 24.4 Å². The molecule has 3 heterocycles. The van der Waals surface area contributed by atoms with E-state index in [-0.39, 0.29) is 36.6 Å². The molecule has 2 N–H and O–H groups in total. The molecule has 3 aromatic rings. The van der Waals surface area contributed by atoms with E-state index in [1.807, 2.05) is 24.6 Å². The smallest absolute Gasteiger partial charge is 0.286 e. The number of pyridine rings is 1. The molecule has 8 nitrogen and oxygen atoms in total. The summed E-state index contributed by atoms with van der Waals surface area (Å²) in [6.45, 7) is 4.27. The summed E-state index contributed by atoms with van der Waals surface area (Å²) >= 11 is 0. The van der Waals surface area contributed by atoms with Crippen molar-refractivity contribution < 1.29 is 14.0 Å². The molecule has 0 spiro atoms. The maximum atomic E-state index is 12.0. The van der Waals surface area contributed by atoms with Crippen LogP contribution >= 0.6 is 0 Å². The van der Waals surface area contributed by atoms with Crippen molar-refractivity contribution in [1.29, 1.82) is 0 Å². The first kappa shape index (κ1) is 16.7. The number of carbonyl (C=O) groups is 2. The van der Waals surface area contributed by atoms with Crippen LogP contribution in [0.4, 0.5) is 5.69 Å². The number of amides is 2. The summed E-state index contributed by atoms with van der Waals surface area (Å²) in [4.78, 5) is 28.1. The predicted octanol–water partition coefficient (Wildman–Crippen LogP) is 2.36. The van der Waals surface area contributed by atoms with Gasteiger partial charge in [-0.1, -0.05) is 0 Å². The van der Waals surface area contributed by atoms with Crippen LogP contribution in [-0.2, 0) is 4.79 Å². The van der Waals surface area contributed by atoms with Crippen LogP contribution in [0.2, 0.25) is 0 Å². The molecule has 130 valence electrons. The van der Waals surface area contributed by atoms with E-state index in [4.69, 9.17) is 4.42 Å². The Hall–Kier alpha value is -3.16. The number of nitrogens with zero attached hydrogens (tertiary/aromatic N) is 3. The van der Waals surface area contributed by atoms with Gasteiger partial charge in [-0.15, -0.1) is 0 Å². The number of aromatic nitrogens is 3. The topological polar surface area (TPSA) is 102 Å². The number of anilines is 1. The second-order valence-corrected chi connectivity index (χ2v) is 5.85. The Morgan fingerprint density at radius 3 is 2.88 bits per heavy atom. The van der Waals surface area contributed by atoms with Crippen LogP contribution in [0.3, 0.4) is 0 Å². The molecule has 0 aliphatic heterocycles. The van der Waals surface area contributed by atoms with Crippen molar-refractivity contribution >= 4 is 28.5 Å². The van der Waals surface area contributed by atoms with E-state index in [0.29, 0.717) is 5.69 Å². The van der Waals surface area contributed by atoms with Crippen molar-refractivity contribution in [3.8, 4) is 0 Å². The number of furan rings is 1. The van der Waals surface area contributed by atoms with E-state index >= 15 is 0 Å². The van der Waals surface area contributed by atoms with E-state index in [1.54, 1.807) is 24.5 Å². The highest BCUT2D eigenvalue weighted by molar-refractivity contribution is 5.94. The zero-order valence-corrected chi connectivity index (χ0v) is 14.0. The first-order chi connectivity index (χ1) is 12.0. The number of nitrogens with one attached hydrogen (secondary N) is 2. The molecule has 0 bridgehead atoms. The van der Waals surface area contributed by atoms with Gasteiger partial charge in [-0.05, 0) is 32.0 Å². The summed E-state index contributed by atoms with van der Waals surface area (Å²) in [7, 11) is 0.